The first kappa shape index (κ1) is 17.3. The number of benzene rings is 1. The normalized spacial score (nSPS) is 25.7. The van der Waals surface area contributed by atoms with Gasteiger partial charge in [0.05, 0.1) is 11.9 Å². The van der Waals surface area contributed by atoms with E-state index in [0.29, 0.717) is 11.6 Å². The van der Waals surface area contributed by atoms with Crippen molar-refractivity contribution in [1.82, 2.24) is 5.32 Å². The summed E-state index contributed by atoms with van der Waals surface area (Å²) >= 11 is 0. The Labute approximate surface area is 144 Å². The average Bonchev–Trinajstić information content (AvgIpc) is 3.09. The lowest BCUT2D eigenvalue weighted by atomic mass is 9.95. The first-order chi connectivity index (χ1) is 11.2. The van der Waals surface area contributed by atoms with Crippen molar-refractivity contribution in [3.63, 3.8) is 0 Å². The monoisotopic (exact) mass is 350 g/mol. The fraction of sp³-hybridized carbons (Fsp3) is 0.611. The van der Waals surface area contributed by atoms with Crippen LogP contribution in [0.2, 0.25) is 0 Å². The third-order valence-corrected chi connectivity index (χ3v) is 6.53. The number of fused-ring (bicyclic) bond motifs is 2. The number of hydrogen-bond acceptors (Lipinski definition) is 3. The average molecular weight is 350 g/mol. The van der Waals surface area contributed by atoms with Gasteiger partial charge in [-0.05, 0) is 62.1 Å². The quantitative estimate of drug-likeness (QED) is 0.886. The van der Waals surface area contributed by atoms with Gasteiger partial charge in [0.25, 0.3) is 0 Å². The van der Waals surface area contributed by atoms with Gasteiger partial charge in [0.15, 0.2) is 0 Å². The molecule has 5 nitrogen and oxygen atoms in total. The predicted molar refractivity (Wildman–Crippen MR) is 95.5 cm³/mol. The highest BCUT2D eigenvalue weighted by Gasteiger charge is 2.40. The highest BCUT2D eigenvalue weighted by Crippen LogP contribution is 2.44. The summed E-state index contributed by atoms with van der Waals surface area (Å²) in [4.78, 5) is 12.5. The molecule has 0 aliphatic heterocycles. The lowest BCUT2D eigenvalue weighted by Crippen LogP contribution is -2.45. The van der Waals surface area contributed by atoms with Gasteiger partial charge in [-0.15, -0.1) is 0 Å². The molecule has 2 aliphatic carbocycles. The second-order valence-electron chi connectivity index (χ2n) is 7.41. The molecule has 0 radical (unpaired) electrons. The Morgan fingerprint density at radius 3 is 2.58 bits per heavy atom. The van der Waals surface area contributed by atoms with E-state index in [-0.39, 0.29) is 18.5 Å². The van der Waals surface area contributed by atoms with E-state index in [1.807, 2.05) is 32.0 Å². The zero-order chi connectivity index (χ0) is 17.5. The molecule has 3 atom stereocenters. The first-order valence-corrected chi connectivity index (χ1v) is 10.4. The Kier molecular flexibility index (Phi) is 4.60. The standard InChI is InChI=1S/C18H26N2O3S/c1-12-4-5-13(2)17(8-12)20(24(3,22)23)11-18(21)19-16-10-14-6-7-15(16)9-14/h4-5,8,14-16H,6-7,9-11H2,1-3H3,(H,19,21)/t14-,15-,16+/m1/s1. The van der Waals surface area contributed by atoms with Crippen LogP contribution in [0.15, 0.2) is 18.2 Å². The van der Waals surface area contributed by atoms with Crippen molar-refractivity contribution < 1.29 is 13.2 Å². The Balaban J connectivity index is 1.75. The summed E-state index contributed by atoms with van der Waals surface area (Å²) in [5.74, 6) is 1.11. The number of hydrogen-bond donors (Lipinski definition) is 1. The minimum atomic E-state index is -3.52. The number of rotatable bonds is 5. The van der Waals surface area contributed by atoms with Crippen LogP contribution in [0.3, 0.4) is 0 Å². The van der Waals surface area contributed by atoms with Crippen LogP contribution in [-0.2, 0) is 14.8 Å². The zero-order valence-corrected chi connectivity index (χ0v) is 15.4. The molecule has 0 aromatic heterocycles. The molecule has 1 aromatic carbocycles. The SMILES string of the molecule is Cc1ccc(C)c(N(CC(=O)N[C@H]2C[C@@H]3CC[C@@H]2C3)S(C)(=O)=O)c1. The van der Waals surface area contributed by atoms with Crippen LogP contribution in [0, 0.1) is 25.7 Å². The lowest BCUT2D eigenvalue weighted by Gasteiger charge is -2.27. The number of anilines is 1. The summed E-state index contributed by atoms with van der Waals surface area (Å²) in [5, 5.41) is 3.07. The second-order valence-corrected chi connectivity index (χ2v) is 9.32. The molecule has 132 valence electrons. The molecule has 2 saturated carbocycles. The number of nitrogens with one attached hydrogen (secondary N) is 1. The third kappa shape index (κ3) is 3.58. The lowest BCUT2D eigenvalue weighted by molar-refractivity contribution is -0.120. The molecule has 0 spiro atoms. The van der Waals surface area contributed by atoms with Crippen LogP contribution < -0.4 is 9.62 Å². The van der Waals surface area contributed by atoms with Crippen molar-refractivity contribution in [2.45, 2.75) is 45.6 Å². The highest BCUT2D eigenvalue weighted by molar-refractivity contribution is 7.92. The van der Waals surface area contributed by atoms with Gasteiger partial charge in [0, 0.05) is 6.04 Å². The molecule has 24 heavy (non-hydrogen) atoms. The molecule has 3 rings (SSSR count). The van der Waals surface area contributed by atoms with E-state index in [1.54, 1.807) is 0 Å². The fourth-order valence-corrected chi connectivity index (χ4v) is 5.08. The second kappa shape index (κ2) is 6.39. The maximum atomic E-state index is 12.5. The van der Waals surface area contributed by atoms with Gasteiger partial charge in [-0.1, -0.05) is 18.6 Å². The van der Waals surface area contributed by atoms with Gasteiger partial charge in [-0.25, -0.2) is 8.42 Å². The summed E-state index contributed by atoms with van der Waals surface area (Å²) in [6, 6.07) is 5.86. The van der Waals surface area contributed by atoms with Gasteiger partial charge >= 0.3 is 0 Å². The predicted octanol–water partition coefficient (Wildman–Crippen LogP) is 2.37. The molecule has 0 saturated heterocycles. The Morgan fingerprint density at radius 2 is 2.00 bits per heavy atom. The summed E-state index contributed by atoms with van der Waals surface area (Å²) in [7, 11) is -3.52. The van der Waals surface area contributed by atoms with Gasteiger partial charge in [-0.2, -0.15) is 0 Å². The van der Waals surface area contributed by atoms with Crippen LogP contribution >= 0.6 is 0 Å². The van der Waals surface area contributed by atoms with Crippen molar-refractivity contribution in [2.24, 2.45) is 11.8 Å². The van der Waals surface area contributed by atoms with Crippen molar-refractivity contribution in [2.75, 3.05) is 17.1 Å². The number of carbonyl (C=O) groups is 1. The summed E-state index contributed by atoms with van der Waals surface area (Å²) < 4.78 is 25.7. The molecule has 6 heteroatoms. The Hall–Kier alpha value is -1.56. The molecule has 2 aliphatic rings. The van der Waals surface area contributed by atoms with E-state index in [1.165, 1.54) is 23.6 Å². The van der Waals surface area contributed by atoms with Crippen molar-refractivity contribution >= 4 is 21.6 Å². The van der Waals surface area contributed by atoms with E-state index >= 15 is 0 Å². The molecule has 0 heterocycles. The highest BCUT2D eigenvalue weighted by atomic mass is 32.2. The van der Waals surface area contributed by atoms with Gasteiger partial charge < -0.3 is 5.32 Å². The third-order valence-electron chi connectivity index (χ3n) is 5.41. The molecule has 1 N–H and O–H groups in total. The molecular formula is C18H26N2O3S. The summed E-state index contributed by atoms with van der Waals surface area (Å²) in [6.45, 7) is 3.62. The number of aryl methyl sites for hydroxylation is 2. The van der Waals surface area contributed by atoms with Crippen LogP contribution in [0.25, 0.3) is 0 Å². The summed E-state index contributed by atoms with van der Waals surface area (Å²) in [6.07, 6.45) is 5.85. The van der Waals surface area contributed by atoms with E-state index in [0.717, 1.165) is 29.7 Å². The fourth-order valence-electron chi connectivity index (χ4n) is 4.17. The maximum Gasteiger partial charge on any atom is 0.241 e. The van der Waals surface area contributed by atoms with Crippen LogP contribution in [0.4, 0.5) is 5.69 Å². The van der Waals surface area contributed by atoms with Gasteiger partial charge in [0.2, 0.25) is 15.9 Å². The van der Waals surface area contributed by atoms with Crippen molar-refractivity contribution in [3.8, 4) is 0 Å². The number of nitrogens with zero attached hydrogens (tertiary/aromatic N) is 1. The Bertz CT molecular complexity index is 745. The van der Waals surface area contributed by atoms with Crippen LogP contribution in [0.5, 0.6) is 0 Å². The van der Waals surface area contributed by atoms with Crippen LogP contribution in [0.1, 0.15) is 36.8 Å². The van der Waals surface area contributed by atoms with E-state index in [4.69, 9.17) is 0 Å². The van der Waals surface area contributed by atoms with Gasteiger partial charge in [-0.3, -0.25) is 9.10 Å². The van der Waals surface area contributed by atoms with E-state index in [2.05, 4.69) is 5.32 Å². The number of sulfonamides is 1. The van der Waals surface area contributed by atoms with E-state index < -0.39 is 10.0 Å². The van der Waals surface area contributed by atoms with Crippen molar-refractivity contribution in [3.05, 3.63) is 29.3 Å². The van der Waals surface area contributed by atoms with Crippen molar-refractivity contribution in [1.29, 1.82) is 0 Å². The zero-order valence-electron chi connectivity index (χ0n) is 14.6. The number of amides is 1. The molecule has 1 aromatic rings. The molecular weight excluding hydrogens is 324 g/mol. The van der Waals surface area contributed by atoms with E-state index in [9.17, 15) is 13.2 Å². The smallest absolute Gasteiger partial charge is 0.241 e. The largest absolute Gasteiger partial charge is 0.352 e. The van der Waals surface area contributed by atoms with Gasteiger partial charge in [0.1, 0.15) is 6.54 Å². The van der Waals surface area contributed by atoms with Crippen LogP contribution in [-0.4, -0.2) is 33.2 Å². The molecule has 0 unspecified atom stereocenters. The number of carbonyl (C=O) groups excluding carboxylic acids is 1. The molecule has 2 bridgehead atoms. The summed E-state index contributed by atoms with van der Waals surface area (Å²) in [5.41, 5.74) is 2.40. The Morgan fingerprint density at radius 1 is 1.25 bits per heavy atom. The molecule has 2 fully saturated rings. The first-order valence-electron chi connectivity index (χ1n) is 8.58. The minimum Gasteiger partial charge on any atom is -0.352 e. The maximum absolute atomic E-state index is 12.5. The topological polar surface area (TPSA) is 66.5 Å². The molecule has 1 amide bonds. The minimum absolute atomic E-state index is 0.156.